The molecule has 1 saturated carbocycles. The zero-order valence-corrected chi connectivity index (χ0v) is 13.1. The number of hydrogen-bond acceptors (Lipinski definition) is 1. The summed E-state index contributed by atoms with van der Waals surface area (Å²) in [6, 6.07) is 6.89. The standard InChI is InChI=1S/C18H28FN/c1-17(2,3)15-7-5-10-18(20,11-9-15)13-14-6-4-8-16(19)12-14/h4,6,8,12,15H,5,7,9-11,13,20H2,1-3H3. The fraction of sp³-hybridized carbons (Fsp3) is 0.667. The van der Waals surface area contributed by atoms with Gasteiger partial charge in [0.05, 0.1) is 0 Å². The monoisotopic (exact) mass is 277 g/mol. The van der Waals surface area contributed by atoms with E-state index >= 15 is 0 Å². The van der Waals surface area contributed by atoms with Gasteiger partial charge in [0.1, 0.15) is 5.82 Å². The molecule has 2 heteroatoms. The molecule has 2 rings (SSSR count). The van der Waals surface area contributed by atoms with E-state index in [1.54, 1.807) is 12.1 Å². The number of benzene rings is 1. The molecule has 1 aromatic carbocycles. The maximum atomic E-state index is 13.3. The Balaban J connectivity index is 2.04. The Bertz CT molecular complexity index is 449. The van der Waals surface area contributed by atoms with Crippen LogP contribution in [0, 0.1) is 17.2 Å². The lowest BCUT2D eigenvalue weighted by atomic mass is 9.76. The van der Waals surface area contributed by atoms with Crippen molar-refractivity contribution in [1.82, 2.24) is 0 Å². The predicted octanol–water partition coefficient (Wildman–Crippen LogP) is 4.69. The van der Waals surface area contributed by atoms with Gasteiger partial charge < -0.3 is 5.73 Å². The molecule has 1 aliphatic rings. The van der Waals surface area contributed by atoms with Crippen molar-refractivity contribution in [3.05, 3.63) is 35.6 Å². The minimum atomic E-state index is -0.160. The summed E-state index contributed by atoms with van der Waals surface area (Å²) < 4.78 is 13.3. The molecule has 1 nitrogen and oxygen atoms in total. The fourth-order valence-corrected chi connectivity index (χ4v) is 3.53. The molecule has 0 bridgehead atoms. The SMILES string of the molecule is CC(C)(C)C1CCCC(N)(Cc2cccc(F)c2)CC1. The van der Waals surface area contributed by atoms with Crippen LogP contribution in [0.4, 0.5) is 4.39 Å². The van der Waals surface area contributed by atoms with Gasteiger partial charge in [-0.3, -0.25) is 0 Å². The van der Waals surface area contributed by atoms with Gasteiger partial charge in [0, 0.05) is 5.54 Å². The van der Waals surface area contributed by atoms with Gasteiger partial charge in [-0.05, 0) is 61.1 Å². The minimum absolute atomic E-state index is 0.159. The highest BCUT2D eigenvalue weighted by Crippen LogP contribution is 2.39. The topological polar surface area (TPSA) is 26.0 Å². The molecule has 0 saturated heterocycles. The summed E-state index contributed by atoms with van der Waals surface area (Å²) in [7, 11) is 0. The molecule has 0 aromatic heterocycles. The van der Waals surface area contributed by atoms with E-state index in [0.717, 1.165) is 30.7 Å². The summed E-state index contributed by atoms with van der Waals surface area (Å²) in [6.45, 7) is 6.98. The molecule has 1 aromatic rings. The van der Waals surface area contributed by atoms with E-state index in [4.69, 9.17) is 5.73 Å². The molecule has 2 atom stereocenters. The van der Waals surface area contributed by atoms with Gasteiger partial charge in [-0.1, -0.05) is 39.3 Å². The van der Waals surface area contributed by atoms with Crippen LogP contribution in [0.15, 0.2) is 24.3 Å². The van der Waals surface area contributed by atoms with Crippen molar-refractivity contribution in [1.29, 1.82) is 0 Å². The third-order valence-corrected chi connectivity index (χ3v) is 4.89. The summed E-state index contributed by atoms with van der Waals surface area (Å²) in [5.74, 6) is 0.590. The van der Waals surface area contributed by atoms with Crippen LogP contribution in [0.5, 0.6) is 0 Å². The summed E-state index contributed by atoms with van der Waals surface area (Å²) in [5, 5.41) is 0. The number of nitrogens with two attached hydrogens (primary N) is 1. The second-order valence-corrected chi connectivity index (χ2v) is 7.66. The van der Waals surface area contributed by atoms with Gasteiger partial charge in [-0.2, -0.15) is 0 Å². The number of rotatable bonds is 2. The van der Waals surface area contributed by atoms with Crippen LogP contribution in [-0.4, -0.2) is 5.54 Å². The van der Waals surface area contributed by atoms with E-state index in [9.17, 15) is 4.39 Å². The Morgan fingerprint density at radius 3 is 2.65 bits per heavy atom. The molecule has 0 aliphatic heterocycles. The predicted molar refractivity (Wildman–Crippen MR) is 83.1 cm³/mol. The van der Waals surface area contributed by atoms with Crippen molar-refractivity contribution in [3.8, 4) is 0 Å². The van der Waals surface area contributed by atoms with Crippen LogP contribution in [-0.2, 0) is 6.42 Å². The van der Waals surface area contributed by atoms with Gasteiger partial charge in [0.2, 0.25) is 0 Å². The molecular weight excluding hydrogens is 249 g/mol. The Labute approximate surface area is 122 Å². The molecule has 0 radical (unpaired) electrons. The summed E-state index contributed by atoms with van der Waals surface area (Å²) in [6.07, 6.45) is 6.54. The van der Waals surface area contributed by atoms with Crippen LogP contribution in [0.2, 0.25) is 0 Å². The van der Waals surface area contributed by atoms with Crippen molar-refractivity contribution in [2.45, 2.75) is 64.8 Å². The second kappa shape index (κ2) is 5.85. The van der Waals surface area contributed by atoms with Crippen LogP contribution >= 0.6 is 0 Å². The highest BCUT2D eigenvalue weighted by molar-refractivity contribution is 5.19. The highest BCUT2D eigenvalue weighted by Gasteiger charge is 2.33. The minimum Gasteiger partial charge on any atom is -0.325 e. The van der Waals surface area contributed by atoms with E-state index in [0.29, 0.717) is 5.41 Å². The summed E-state index contributed by atoms with van der Waals surface area (Å²) in [4.78, 5) is 0. The van der Waals surface area contributed by atoms with Crippen molar-refractivity contribution < 1.29 is 4.39 Å². The average Bonchev–Trinajstić information content (AvgIpc) is 2.50. The maximum Gasteiger partial charge on any atom is 0.123 e. The van der Waals surface area contributed by atoms with Crippen molar-refractivity contribution in [3.63, 3.8) is 0 Å². The molecule has 2 N–H and O–H groups in total. The van der Waals surface area contributed by atoms with E-state index in [1.165, 1.54) is 25.3 Å². The number of halogens is 1. The molecule has 112 valence electrons. The maximum absolute atomic E-state index is 13.3. The van der Waals surface area contributed by atoms with Gasteiger partial charge >= 0.3 is 0 Å². The molecule has 20 heavy (non-hydrogen) atoms. The first-order chi connectivity index (χ1) is 9.28. The molecule has 2 unspecified atom stereocenters. The third kappa shape index (κ3) is 4.05. The Kier molecular flexibility index (Phi) is 4.53. The van der Waals surface area contributed by atoms with E-state index in [-0.39, 0.29) is 11.4 Å². The van der Waals surface area contributed by atoms with Gasteiger partial charge in [0.25, 0.3) is 0 Å². The van der Waals surface area contributed by atoms with Crippen molar-refractivity contribution in [2.24, 2.45) is 17.1 Å². The van der Waals surface area contributed by atoms with Crippen molar-refractivity contribution in [2.75, 3.05) is 0 Å². The first-order valence-electron chi connectivity index (χ1n) is 7.82. The molecule has 0 spiro atoms. The van der Waals surface area contributed by atoms with Crippen molar-refractivity contribution >= 4 is 0 Å². The molecular formula is C18H28FN. The van der Waals surface area contributed by atoms with Gasteiger partial charge in [-0.25, -0.2) is 4.39 Å². The molecule has 1 aliphatic carbocycles. The lowest BCUT2D eigenvalue weighted by Gasteiger charge is -2.31. The smallest absolute Gasteiger partial charge is 0.123 e. The highest BCUT2D eigenvalue weighted by atomic mass is 19.1. The normalized spacial score (nSPS) is 28.1. The van der Waals surface area contributed by atoms with Gasteiger partial charge in [0.15, 0.2) is 0 Å². The fourth-order valence-electron chi connectivity index (χ4n) is 3.53. The number of hydrogen-bond donors (Lipinski definition) is 1. The van der Waals surface area contributed by atoms with Crippen LogP contribution in [0.1, 0.15) is 58.4 Å². The summed E-state index contributed by atoms with van der Waals surface area (Å²) in [5.41, 5.74) is 7.86. The second-order valence-electron chi connectivity index (χ2n) is 7.66. The zero-order valence-electron chi connectivity index (χ0n) is 13.1. The Morgan fingerprint density at radius 1 is 1.25 bits per heavy atom. The largest absolute Gasteiger partial charge is 0.325 e. The van der Waals surface area contributed by atoms with E-state index in [2.05, 4.69) is 20.8 Å². The lowest BCUT2D eigenvalue weighted by Crippen LogP contribution is -2.41. The van der Waals surface area contributed by atoms with Crippen LogP contribution < -0.4 is 5.73 Å². The first kappa shape index (κ1) is 15.5. The zero-order chi connectivity index (χ0) is 14.8. The quantitative estimate of drug-likeness (QED) is 0.780. The molecule has 0 heterocycles. The van der Waals surface area contributed by atoms with E-state index in [1.807, 2.05) is 6.07 Å². The Morgan fingerprint density at radius 2 is 2.00 bits per heavy atom. The average molecular weight is 277 g/mol. The Hall–Kier alpha value is -0.890. The molecule has 1 fully saturated rings. The first-order valence-corrected chi connectivity index (χ1v) is 7.82. The summed E-state index contributed by atoms with van der Waals surface area (Å²) >= 11 is 0. The molecule has 0 amide bonds. The van der Waals surface area contributed by atoms with Crippen LogP contribution in [0.3, 0.4) is 0 Å². The van der Waals surface area contributed by atoms with Crippen LogP contribution in [0.25, 0.3) is 0 Å². The van der Waals surface area contributed by atoms with Gasteiger partial charge in [-0.15, -0.1) is 0 Å². The third-order valence-electron chi connectivity index (χ3n) is 4.89. The lowest BCUT2D eigenvalue weighted by molar-refractivity contribution is 0.210. The van der Waals surface area contributed by atoms with E-state index < -0.39 is 0 Å².